The molecule has 1 aliphatic carbocycles. The van der Waals surface area contributed by atoms with Crippen molar-refractivity contribution in [2.75, 3.05) is 25.9 Å². The number of sulfonamides is 1. The van der Waals surface area contributed by atoms with Gasteiger partial charge in [0.1, 0.15) is 0 Å². The van der Waals surface area contributed by atoms with E-state index in [4.69, 9.17) is 5.73 Å². The molecule has 1 saturated carbocycles. The van der Waals surface area contributed by atoms with Crippen LogP contribution < -0.4 is 10.5 Å². The molecule has 1 aromatic rings. The number of hydrogen-bond acceptors (Lipinski definition) is 4. The van der Waals surface area contributed by atoms with Crippen LogP contribution in [0.2, 0.25) is 0 Å². The lowest BCUT2D eigenvalue weighted by molar-refractivity contribution is 0.329. The van der Waals surface area contributed by atoms with E-state index in [1.807, 2.05) is 7.05 Å². The van der Waals surface area contributed by atoms with Crippen molar-refractivity contribution in [1.29, 1.82) is 0 Å². The SMILES string of the molecule is Cc1ccc(N)c(C)c1S(=O)(=O)NCCN(C)C1CC1. The van der Waals surface area contributed by atoms with Crippen LogP contribution in [-0.2, 0) is 10.0 Å². The molecule has 0 radical (unpaired) electrons. The van der Waals surface area contributed by atoms with Gasteiger partial charge in [-0.1, -0.05) is 6.07 Å². The molecule has 2 rings (SSSR count). The van der Waals surface area contributed by atoms with E-state index in [-0.39, 0.29) is 0 Å². The molecule has 0 saturated heterocycles. The van der Waals surface area contributed by atoms with Gasteiger partial charge in [0.25, 0.3) is 0 Å². The molecular formula is C14H23N3O2S. The second-order valence-corrected chi connectivity index (χ2v) is 7.24. The smallest absolute Gasteiger partial charge is 0.241 e. The molecule has 1 aromatic carbocycles. The predicted octanol–water partition coefficient (Wildman–Crippen LogP) is 1.26. The summed E-state index contributed by atoms with van der Waals surface area (Å²) in [5.74, 6) is 0. The molecule has 1 fully saturated rings. The molecule has 0 aromatic heterocycles. The van der Waals surface area contributed by atoms with E-state index in [1.54, 1.807) is 26.0 Å². The second kappa shape index (κ2) is 5.71. The molecule has 112 valence electrons. The first-order valence-electron chi connectivity index (χ1n) is 6.88. The van der Waals surface area contributed by atoms with E-state index in [1.165, 1.54) is 12.8 Å². The normalized spacial score (nSPS) is 15.8. The Hall–Kier alpha value is -1.11. The minimum atomic E-state index is -3.50. The number of anilines is 1. The minimum Gasteiger partial charge on any atom is -0.398 e. The number of nitrogens with two attached hydrogens (primary N) is 1. The minimum absolute atomic E-state index is 0.312. The zero-order valence-electron chi connectivity index (χ0n) is 12.3. The summed E-state index contributed by atoms with van der Waals surface area (Å²) in [5, 5.41) is 0. The van der Waals surface area contributed by atoms with Crippen LogP contribution in [-0.4, -0.2) is 39.5 Å². The summed E-state index contributed by atoms with van der Waals surface area (Å²) in [5.41, 5.74) is 7.66. The van der Waals surface area contributed by atoms with Crippen molar-refractivity contribution < 1.29 is 8.42 Å². The molecule has 0 spiro atoms. The molecule has 3 N–H and O–H groups in total. The zero-order chi connectivity index (χ0) is 14.9. The highest BCUT2D eigenvalue weighted by Gasteiger charge is 2.26. The van der Waals surface area contributed by atoms with Gasteiger partial charge in [-0.2, -0.15) is 0 Å². The molecule has 0 unspecified atom stereocenters. The van der Waals surface area contributed by atoms with E-state index < -0.39 is 10.0 Å². The van der Waals surface area contributed by atoms with Crippen LogP contribution in [0.4, 0.5) is 5.69 Å². The first-order valence-corrected chi connectivity index (χ1v) is 8.37. The summed E-state index contributed by atoms with van der Waals surface area (Å²) in [7, 11) is -1.47. The Morgan fingerprint density at radius 1 is 1.35 bits per heavy atom. The van der Waals surface area contributed by atoms with Gasteiger partial charge in [-0.3, -0.25) is 0 Å². The van der Waals surface area contributed by atoms with Gasteiger partial charge in [-0.25, -0.2) is 13.1 Å². The largest absolute Gasteiger partial charge is 0.398 e. The van der Waals surface area contributed by atoms with E-state index in [0.717, 1.165) is 12.1 Å². The topological polar surface area (TPSA) is 75.4 Å². The maximum absolute atomic E-state index is 12.4. The first-order chi connectivity index (χ1) is 9.33. The molecule has 1 aliphatic rings. The number of nitrogen functional groups attached to an aromatic ring is 1. The van der Waals surface area contributed by atoms with Crippen LogP contribution in [0.5, 0.6) is 0 Å². The van der Waals surface area contributed by atoms with Gasteiger partial charge >= 0.3 is 0 Å². The Bertz CT molecular complexity index is 595. The number of nitrogens with one attached hydrogen (secondary N) is 1. The summed E-state index contributed by atoms with van der Waals surface area (Å²) < 4.78 is 27.5. The van der Waals surface area contributed by atoms with Crippen molar-refractivity contribution in [3.8, 4) is 0 Å². The van der Waals surface area contributed by atoms with Crippen molar-refractivity contribution in [3.05, 3.63) is 23.3 Å². The van der Waals surface area contributed by atoms with Crippen molar-refractivity contribution in [2.45, 2.75) is 37.6 Å². The van der Waals surface area contributed by atoms with Crippen LogP contribution in [0.15, 0.2) is 17.0 Å². The predicted molar refractivity (Wildman–Crippen MR) is 81.2 cm³/mol. The fourth-order valence-electron chi connectivity index (χ4n) is 2.38. The number of hydrogen-bond donors (Lipinski definition) is 2. The van der Waals surface area contributed by atoms with Crippen LogP contribution in [0.1, 0.15) is 24.0 Å². The first kappa shape index (κ1) is 15.3. The summed E-state index contributed by atoms with van der Waals surface area (Å²) >= 11 is 0. The summed E-state index contributed by atoms with van der Waals surface area (Å²) in [6.45, 7) is 4.68. The van der Waals surface area contributed by atoms with Crippen LogP contribution in [0, 0.1) is 13.8 Å². The van der Waals surface area contributed by atoms with Gasteiger partial charge in [0.2, 0.25) is 10.0 Å². The highest BCUT2D eigenvalue weighted by atomic mass is 32.2. The number of aryl methyl sites for hydroxylation is 1. The lowest BCUT2D eigenvalue weighted by Gasteiger charge is -2.17. The highest BCUT2D eigenvalue weighted by molar-refractivity contribution is 7.89. The Morgan fingerprint density at radius 2 is 2.00 bits per heavy atom. The monoisotopic (exact) mass is 297 g/mol. The Balaban J connectivity index is 2.08. The molecule has 0 heterocycles. The van der Waals surface area contributed by atoms with E-state index in [0.29, 0.717) is 28.7 Å². The van der Waals surface area contributed by atoms with Crippen molar-refractivity contribution in [1.82, 2.24) is 9.62 Å². The zero-order valence-corrected chi connectivity index (χ0v) is 13.1. The third-order valence-electron chi connectivity index (χ3n) is 3.84. The maximum atomic E-state index is 12.4. The number of nitrogens with zero attached hydrogens (tertiary/aromatic N) is 1. The van der Waals surface area contributed by atoms with Gasteiger partial charge in [0.15, 0.2) is 0 Å². The molecule has 6 heteroatoms. The maximum Gasteiger partial charge on any atom is 0.241 e. The van der Waals surface area contributed by atoms with Gasteiger partial charge in [0, 0.05) is 24.8 Å². The van der Waals surface area contributed by atoms with E-state index >= 15 is 0 Å². The number of benzene rings is 1. The standard InChI is InChI=1S/C14H23N3O2S/c1-10-4-7-13(15)11(2)14(10)20(18,19)16-8-9-17(3)12-5-6-12/h4,7,12,16H,5-6,8-9,15H2,1-3H3. The lowest BCUT2D eigenvalue weighted by atomic mass is 10.1. The van der Waals surface area contributed by atoms with Gasteiger partial charge in [-0.05, 0) is 50.9 Å². The average Bonchev–Trinajstić information content (AvgIpc) is 3.18. The summed E-state index contributed by atoms with van der Waals surface area (Å²) in [4.78, 5) is 2.51. The molecule has 5 nitrogen and oxygen atoms in total. The Morgan fingerprint density at radius 3 is 2.60 bits per heavy atom. The van der Waals surface area contributed by atoms with E-state index in [9.17, 15) is 8.42 Å². The summed E-state index contributed by atoms with van der Waals surface area (Å²) in [6, 6.07) is 4.12. The molecule has 0 aliphatic heterocycles. The molecule has 0 amide bonds. The quantitative estimate of drug-likeness (QED) is 0.775. The molecule has 0 atom stereocenters. The molecule has 20 heavy (non-hydrogen) atoms. The van der Waals surface area contributed by atoms with Crippen LogP contribution >= 0.6 is 0 Å². The van der Waals surface area contributed by atoms with Gasteiger partial charge < -0.3 is 10.6 Å². The second-order valence-electron chi connectivity index (χ2n) is 5.54. The van der Waals surface area contributed by atoms with Crippen molar-refractivity contribution in [3.63, 3.8) is 0 Å². The Kier molecular flexibility index (Phi) is 4.36. The number of rotatable bonds is 6. The fraction of sp³-hybridized carbons (Fsp3) is 0.571. The van der Waals surface area contributed by atoms with E-state index in [2.05, 4.69) is 9.62 Å². The van der Waals surface area contributed by atoms with Crippen molar-refractivity contribution >= 4 is 15.7 Å². The summed E-state index contributed by atoms with van der Waals surface area (Å²) in [6.07, 6.45) is 2.44. The fourth-order valence-corrected chi connectivity index (χ4v) is 3.90. The molecular weight excluding hydrogens is 274 g/mol. The Labute approximate surface area is 121 Å². The van der Waals surface area contributed by atoms with Crippen molar-refractivity contribution in [2.24, 2.45) is 0 Å². The van der Waals surface area contributed by atoms with Gasteiger partial charge in [-0.15, -0.1) is 0 Å². The highest BCUT2D eigenvalue weighted by Crippen LogP contribution is 2.25. The average molecular weight is 297 g/mol. The third kappa shape index (κ3) is 3.31. The van der Waals surface area contributed by atoms with Crippen LogP contribution in [0.3, 0.4) is 0 Å². The van der Waals surface area contributed by atoms with Crippen LogP contribution in [0.25, 0.3) is 0 Å². The number of likely N-dealkylation sites (N-methyl/N-ethyl adjacent to an activating group) is 1. The van der Waals surface area contributed by atoms with Gasteiger partial charge in [0.05, 0.1) is 4.90 Å². The molecule has 0 bridgehead atoms. The third-order valence-corrected chi connectivity index (χ3v) is 5.59. The lowest BCUT2D eigenvalue weighted by Crippen LogP contribution is -2.34.